The molecule has 1 aromatic rings. The molecule has 0 saturated heterocycles. The van der Waals surface area contributed by atoms with Crippen LogP contribution in [-0.2, 0) is 0 Å². The molecule has 0 fully saturated rings. The standard InChI is InChI=1S/C8H11OP/c1-6-3-4-8(10)7(5-6)9-2/h3-5H,10H2,1-2H3. The van der Waals surface area contributed by atoms with Crippen molar-refractivity contribution in [3.63, 3.8) is 0 Å². The Morgan fingerprint density at radius 2 is 2.10 bits per heavy atom. The normalized spacial score (nSPS) is 9.50. The van der Waals surface area contributed by atoms with Crippen LogP contribution < -0.4 is 10.0 Å². The Morgan fingerprint density at radius 1 is 1.40 bits per heavy atom. The molecule has 1 unspecified atom stereocenters. The first-order chi connectivity index (χ1) is 4.74. The lowest BCUT2D eigenvalue weighted by atomic mass is 10.2. The van der Waals surface area contributed by atoms with Gasteiger partial charge < -0.3 is 4.74 Å². The molecular formula is C8H11OP. The van der Waals surface area contributed by atoms with Crippen molar-refractivity contribution in [2.75, 3.05) is 7.11 Å². The van der Waals surface area contributed by atoms with Crippen LogP contribution in [0, 0.1) is 6.92 Å². The van der Waals surface area contributed by atoms with Gasteiger partial charge in [0.05, 0.1) is 7.11 Å². The third-order valence-corrected chi connectivity index (χ3v) is 1.87. The molecule has 0 bridgehead atoms. The van der Waals surface area contributed by atoms with Crippen molar-refractivity contribution in [1.82, 2.24) is 0 Å². The minimum Gasteiger partial charge on any atom is -0.496 e. The van der Waals surface area contributed by atoms with Gasteiger partial charge in [0.1, 0.15) is 5.75 Å². The van der Waals surface area contributed by atoms with Crippen LogP contribution in [-0.4, -0.2) is 7.11 Å². The van der Waals surface area contributed by atoms with Crippen molar-refractivity contribution in [3.05, 3.63) is 23.8 Å². The summed E-state index contributed by atoms with van der Waals surface area (Å²) in [7, 11) is 4.31. The Balaban J connectivity index is 3.09. The van der Waals surface area contributed by atoms with Gasteiger partial charge in [-0.1, -0.05) is 12.1 Å². The summed E-state index contributed by atoms with van der Waals surface area (Å²) in [5.74, 6) is 0.935. The predicted octanol–water partition coefficient (Wildman–Crippen LogP) is 1.50. The molecule has 0 radical (unpaired) electrons. The molecule has 1 atom stereocenters. The first-order valence-corrected chi connectivity index (χ1v) is 3.72. The van der Waals surface area contributed by atoms with Crippen LogP contribution in [0.1, 0.15) is 5.56 Å². The molecule has 2 heteroatoms. The van der Waals surface area contributed by atoms with E-state index in [1.807, 2.05) is 19.1 Å². The van der Waals surface area contributed by atoms with Gasteiger partial charge in [-0.15, -0.1) is 9.24 Å². The van der Waals surface area contributed by atoms with Crippen LogP contribution >= 0.6 is 9.24 Å². The van der Waals surface area contributed by atoms with Gasteiger partial charge in [-0.2, -0.15) is 0 Å². The van der Waals surface area contributed by atoms with Crippen LogP contribution in [0.2, 0.25) is 0 Å². The maximum atomic E-state index is 5.10. The highest BCUT2D eigenvalue weighted by Gasteiger charge is 1.95. The molecule has 0 spiro atoms. The van der Waals surface area contributed by atoms with E-state index in [9.17, 15) is 0 Å². The lowest BCUT2D eigenvalue weighted by Crippen LogP contribution is -1.97. The smallest absolute Gasteiger partial charge is 0.126 e. The zero-order chi connectivity index (χ0) is 7.56. The van der Waals surface area contributed by atoms with E-state index in [1.54, 1.807) is 7.11 Å². The summed E-state index contributed by atoms with van der Waals surface area (Å²) >= 11 is 0. The van der Waals surface area contributed by atoms with Crippen LogP contribution in [0.15, 0.2) is 18.2 Å². The van der Waals surface area contributed by atoms with Crippen molar-refractivity contribution in [2.45, 2.75) is 6.92 Å². The van der Waals surface area contributed by atoms with Gasteiger partial charge in [-0.3, -0.25) is 0 Å². The number of hydrogen-bond donors (Lipinski definition) is 0. The molecule has 0 amide bonds. The molecular weight excluding hydrogens is 143 g/mol. The number of ether oxygens (including phenoxy) is 1. The largest absolute Gasteiger partial charge is 0.496 e. The van der Waals surface area contributed by atoms with E-state index in [0.29, 0.717) is 0 Å². The van der Waals surface area contributed by atoms with E-state index in [0.717, 1.165) is 11.1 Å². The molecule has 10 heavy (non-hydrogen) atoms. The monoisotopic (exact) mass is 154 g/mol. The third-order valence-electron chi connectivity index (χ3n) is 1.39. The summed E-state index contributed by atoms with van der Waals surface area (Å²) in [6.45, 7) is 2.05. The van der Waals surface area contributed by atoms with Crippen molar-refractivity contribution >= 4 is 14.5 Å². The molecule has 0 aliphatic rings. The number of methoxy groups -OCH3 is 1. The van der Waals surface area contributed by atoms with Crippen LogP contribution in [0.3, 0.4) is 0 Å². The first kappa shape index (κ1) is 7.56. The van der Waals surface area contributed by atoms with Crippen LogP contribution in [0.25, 0.3) is 0 Å². The van der Waals surface area contributed by atoms with Gasteiger partial charge in [0.15, 0.2) is 0 Å². The predicted molar refractivity (Wildman–Crippen MR) is 47.1 cm³/mol. The Bertz CT molecular complexity index is 233. The lowest BCUT2D eigenvalue weighted by molar-refractivity contribution is 0.418. The maximum absolute atomic E-state index is 5.10. The highest BCUT2D eigenvalue weighted by molar-refractivity contribution is 7.27. The second kappa shape index (κ2) is 3.03. The fourth-order valence-corrected chi connectivity index (χ4v) is 1.12. The Kier molecular flexibility index (Phi) is 2.29. The van der Waals surface area contributed by atoms with Gasteiger partial charge in [0.25, 0.3) is 0 Å². The van der Waals surface area contributed by atoms with Crippen molar-refractivity contribution in [1.29, 1.82) is 0 Å². The Hall–Kier alpha value is -0.550. The van der Waals surface area contributed by atoms with Crippen molar-refractivity contribution in [3.8, 4) is 5.75 Å². The average Bonchev–Trinajstić information content (AvgIpc) is 1.94. The number of rotatable bonds is 1. The van der Waals surface area contributed by atoms with Gasteiger partial charge in [0, 0.05) is 5.30 Å². The number of benzene rings is 1. The van der Waals surface area contributed by atoms with Crippen molar-refractivity contribution in [2.24, 2.45) is 0 Å². The quantitative estimate of drug-likeness (QED) is 0.557. The second-order valence-corrected chi connectivity index (χ2v) is 2.87. The van der Waals surface area contributed by atoms with Crippen LogP contribution in [0.4, 0.5) is 0 Å². The highest BCUT2D eigenvalue weighted by Crippen LogP contribution is 2.11. The van der Waals surface area contributed by atoms with E-state index in [2.05, 4.69) is 15.3 Å². The van der Waals surface area contributed by atoms with E-state index in [-0.39, 0.29) is 0 Å². The number of aryl methyl sites for hydroxylation is 1. The number of hydrogen-bond acceptors (Lipinski definition) is 1. The summed E-state index contributed by atoms with van der Waals surface area (Å²) < 4.78 is 5.10. The zero-order valence-corrected chi connectivity index (χ0v) is 7.37. The molecule has 1 rings (SSSR count). The minimum atomic E-state index is 0.935. The average molecular weight is 154 g/mol. The molecule has 54 valence electrons. The van der Waals surface area contributed by atoms with E-state index < -0.39 is 0 Å². The summed E-state index contributed by atoms with van der Waals surface area (Å²) in [4.78, 5) is 0. The summed E-state index contributed by atoms with van der Waals surface area (Å²) in [6, 6.07) is 6.10. The van der Waals surface area contributed by atoms with Gasteiger partial charge >= 0.3 is 0 Å². The fraction of sp³-hybridized carbons (Fsp3) is 0.250. The summed E-state index contributed by atoms with van der Waals surface area (Å²) in [6.07, 6.45) is 0. The highest BCUT2D eigenvalue weighted by atomic mass is 31.0. The Morgan fingerprint density at radius 3 is 2.60 bits per heavy atom. The molecule has 0 N–H and O–H groups in total. The van der Waals surface area contributed by atoms with Gasteiger partial charge in [-0.25, -0.2) is 0 Å². The third kappa shape index (κ3) is 1.48. The SMILES string of the molecule is COc1cc(C)ccc1P. The van der Waals surface area contributed by atoms with Gasteiger partial charge in [0.2, 0.25) is 0 Å². The van der Waals surface area contributed by atoms with Crippen molar-refractivity contribution < 1.29 is 4.74 Å². The van der Waals surface area contributed by atoms with E-state index in [4.69, 9.17) is 4.74 Å². The minimum absolute atomic E-state index is 0.935. The first-order valence-electron chi connectivity index (χ1n) is 3.14. The molecule has 0 aliphatic heterocycles. The zero-order valence-electron chi connectivity index (χ0n) is 6.22. The van der Waals surface area contributed by atoms with Gasteiger partial charge in [-0.05, 0) is 18.6 Å². The van der Waals surface area contributed by atoms with E-state index in [1.165, 1.54) is 5.56 Å². The maximum Gasteiger partial charge on any atom is 0.126 e. The Labute approximate surface area is 63.6 Å². The summed E-state index contributed by atoms with van der Waals surface area (Å²) in [5, 5.41) is 1.10. The lowest BCUT2D eigenvalue weighted by Gasteiger charge is -2.03. The fourth-order valence-electron chi connectivity index (χ4n) is 0.818. The molecule has 0 aliphatic carbocycles. The molecule has 1 nitrogen and oxygen atoms in total. The van der Waals surface area contributed by atoms with Crippen LogP contribution in [0.5, 0.6) is 5.75 Å². The molecule has 0 aromatic heterocycles. The van der Waals surface area contributed by atoms with E-state index >= 15 is 0 Å². The topological polar surface area (TPSA) is 9.23 Å². The molecule has 1 aromatic carbocycles. The summed E-state index contributed by atoms with van der Waals surface area (Å²) in [5.41, 5.74) is 1.23. The molecule has 0 heterocycles. The molecule has 0 saturated carbocycles. The second-order valence-electron chi connectivity index (χ2n) is 2.25.